The minimum Gasteiger partial charge on any atom is -0.489 e. The molecule has 4 rings (SSSR count). The number of amides is 1. The molecule has 2 bridgehead atoms. The first-order chi connectivity index (χ1) is 11.7. The van der Waals surface area contributed by atoms with Gasteiger partial charge in [0.05, 0.1) is 11.8 Å². The third-order valence-corrected chi connectivity index (χ3v) is 5.66. The number of ether oxygens (including phenoxy) is 1. The summed E-state index contributed by atoms with van der Waals surface area (Å²) < 4.78 is 6.95. The molecule has 1 amide bonds. The van der Waals surface area contributed by atoms with E-state index in [0.29, 0.717) is 0 Å². The Balaban J connectivity index is 1.49. The smallest absolute Gasteiger partial charge is 0.255 e. The number of halogens is 1. The Labute approximate surface area is 150 Å². The van der Waals surface area contributed by atoms with Crippen molar-refractivity contribution in [3.05, 3.63) is 58.8 Å². The van der Waals surface area contributed by atoms with Crippen molar-refractivity contribution >= 4 is 21.8 Å². The molecule has 2 aliphatic rings. The first-order valence-corrected chi connectivity index (χ1v) is 9.15. The van der Waals surface area contributed by atoms with Gasteiger partial charge in [0.1, 0.15) is 11.9 Å². The van der Waals surface area contributed by atoms with Crippen LogP contribution in [0, 0.1) is 0 Å². The standard InChI is InChI=1S/C19H19BrN2O2/c20-18-6-2-1-5-17(18)19(23)22-13-7-8-14(22)11-16(10-13)24-15-4-3-9-21-12-15/h1-6,9,12-14,16H,7-8,10-11H2. The molecule has 0 radical (unpaired) electrons. The number of aromatic nitrogens is 1. The Morgan fingerprint density at radius 1 is 1.12 bits per heavy atom. The molecule has 0 spiro atoms. The molecule has 0 N–H and O–H groups in total. The second-order valence-corrected chi connectivity index (χ2v) is 7.33. The van der Waals surface area contributed by atoms with Gasteiger partial charge in [-0.1, -0.05) is 12.1 Å². The van der Waals surface area contributed by atoms with Crippen molar-refractivity contribution in [1.29, 1.82) is 0 Å². The normalized spacial score (nSPS) is 25.5. The van der Waals surface area contributed by atoms with E-state index >= 15 is 0 Å². The molecule has 0 saturated carbocycles. The van der Waals surface area contributed by atoms with Crippen molar-refractivity contribution in [2.75, 3.05) is 0 Å². The van der Waals surface area contributed by atoms with E-state index < -0.39 is 0 Å². The van der Waals surface area contributed by atoms with Crippen LogP contribution in [0.25, 0.3) is 0 Å². The summed E-state index contributed by atoms with van der Waals surface area (Å²) in [4.78, 5) is 19.2. The van der Waals surface area contributed by atoms with Crippen LogP contribution < -0.4 is 4.74 Å². The summed E-state index contributed by atoms with van der Waals surface area (Å²) >= 11 is 3.50. The fourth-order valence-corrected chi connectivity index (χ4v) is 4.39. The fourth-order valence-electron chi connectivity index (χ4n) is 3.94. The van der Waals surface area contributed by atoms with E-state index in [0.717, 1.165) is 41.5 Å². The van der Waals surface area contributed by atoms with Crippen molar-refractivity contribution in [3.8, 4) is 5.75 Å². The SMILES string of the molecule is O=C(c1ccccc1Br)N1C2CCC1CC(Oc1cccnc1)C2. The average molecular weight is 387 g/mol. The molecule has 1 aromatic carbocycles. The Kier molecular flexibility index (Phi) is 4.27. The Bertz CT molecular complexity index is 723. The highest BCUT2D eigenvalue weighted by molar-refractivity contribution is 9.10. The van der Waals surface area contributed by atoms with Crippen molar-refractivity contribution in [3.63, 3.8) is 0 Å². The summed E-state index contributed by atoms with van der Waals surface area (Å²) in [5.74, 6) is 0.947. The molecular formula is C19H19BrN2O2. The van der Waals surface area contributed by atoms with Crippen molar-refractivity contribution in [2.24, 2.45) is 0 Å². The predicted octanol–water partition coefficient (Wildman–Crippen LogP) is 4.06. The summed E-state index contributed by atoms with van der Waals surface area (Å²) in [5.41, 5.74) is 0.751. The predicted molar refractivity (Wildman–Crippen MR) is 95.0 cm³/mol. The number of rotatable bonds is 3. The third-order valence-electron chi connectivity index (χ3n) is 4.97. The minimum atomic E-state index is 0.134. The monoisotopic (exact) mass is 386 g/mol. The summed E-state index contributed by atoms with van der Waals surface area (Å²) in [6.07, 6.45) is 7.57. The zero-order valence-corrected chi connectivity index (χ0v) is 14.9. The molecule has 4 nitrogen and oxygen atoms in total. The van der Waals surface area contributed by atoms with Crippen LogP contribution in [-0.4, -0.2) is 34.0 Å². The molecule has 2 fully saturated rings. The van der Waals surface area contributed by atoms with Crippen LogP contribution in [-0.2, 0) is 0 Å². The molecule has 2 unspecified atom stereocenters. The fraction of sp³-hybridized carbons (Fsp3) is 0.368. The third kappa shape index (κ3) is 2.93. The van der Waals surface area contributed by atoms with Crippen molar-refractivity contribution in [1.82, 2.24) is 9.88 Å². The van der Waals surface area contributed by atoms with Gasteiger partial charge >= 0.3 is 0 Å². The van der Waals surface area contributed by atoms with Crippen molar-refractivity contribution < 1.29 is 9.53 Å². The number of piperidine rings is 1. The number of carbonyl (C=O) groups is 1. The van der Waals surface area contributed by atoms with Gasteiger partial charge in [0.15, 0.2) is 0 Å². The lowest BCUT2D eigenvalue weighted by Crippen LogP contribution is -2.49. The summed E-state index contributed by atoms with van der Waals surface area (Å²) in [7, 11) is 0. The van der Waals surface area contributed by atoms with Crippen LogP contribution in [0.3, 0.4) is 0 Å². The Morgan fingerprint density at radius 2 is 1.88 bits per heavy atom. The van der Waals surface area contributed by atoms with Crippen molar-refractivity contribution in [2.45, 2.75) is 43.9 Å². The number of nitrogens with zero attached hydrogens (tertiary/aromatic N) is 2. The molecule has 24 heavy (non-hydrogen) atoms. The first kappa shape index (κ1) is 15.6. The van der Waals surface area contributed by atoms with E-state index in [1.165, 1.54) is 0 Å². The molecule has 2 atom stereocenters. The average Bonchev–Trinajstić information content (AvgIpc) is 2.86. The quantitative estimate of drug-likeness (QED) is 0.798. The lowest BCUT2D eigenvalue weighted by Gasteiger charge is -2.39. The van der Waals surface area contributed by atoms with Gasteiger partial charge in [0.2, 0.25) is 0 Å². The highest BCUT2D eigenvalue weighted by atomic mass is 79.9. The molecule has 124 valence electrons. The largest absolute Gasteiger partial charge is 0.489 e. The molecule has 1 aromatic heterocycles. The van der Waals surface area contributed by atoms with Gasteiger partial charge in [-0.25, -0.2) is 0 Å². The zero-order chi connectivity index (χ0) is 16.5. The van der Waals surface area contributed by atoms with E-state index in [1.807, 2.05) is 36.4 Å². The van der Waals surface area contributed by atoms with Crippen LogP contribution in [0.4, 0.5) is 0 Å². The van der Waals surface area contributed by atoms with Crippen LogP contribution in [0.1, 0.15) is 36.0 Å². The first-order valence-electron chi connectivity index (χ1n) is 8.36. The molecular weight excluding hydrogens is 368 g/mol. The number of fused-ring (bicyclic) bond motifs is 2. The topological polar surface area (TPSA) is 42.4 Å². The number of pyridine rings is 1. The van der Waals surface area contributed by atoms with Gasteiger partial charge in [-0.05, 0) is 53.0 Å². The highest BCUT2D eigenvalue weighted by Gasteiger charge is 2.44. The van der Waals surface area contributed by atoms with Crippen LogP contribution in [0.5, 0.6) is 5.75 Å². The van der Waals surface area contributed by atoms with Crippen LogP contribution >= 0.6 is 15.9 Å². The molecule has 2 saturated heterocycles. The maximum absolute atomic E-state index is 13.0. The van der Waals surface area contributed by atoms with Crippen LogP contribution in [0.15, 0.2) is 53.3 Å². The number of hydrogen-bond acceptors (Lipinski definition) is 3. The van der Waals surface area contributed by atoms with Gasteiger partial charge in [0.25, 0.3) is 5.91 Å². The van der Waals surface area contributed by atoms with E-state index in [9.17, 15) is 4.79 Å². The minimum absolute atomic E-state index is 0.134. The summed E-state index contributed by atoms with van der Waals surface area (Å²) in [5, 5.41) is 0. The van der Waals surface area contributed by atoms with E-state index in [-0.39, 0.29) is 24.1 Å². The molecule has 5 heteroatoms. The lowest BCUT2D eigenvalue weighted by atomic mass is 9.98. The summed E-state index contributed by atoms with van der Waals surface area (Å²) in [6.45, 7) is 0. The molecule has 0 aliphatic carbocycles. The highest BCUT2D eigenvalue weighted by Crippen LogP contribution is 2.38. The molecule has 3 heterocycles. The van der Waals surface area contributed by atoms with Gasteiger partial charge in [-0.3, -0.25) is 9.78 Å². The van der Waals surface area contributed by atoms with Gasteiger partial charge in [-0.2, -0.15) is 0 Å². The molecule has 2 aromatic rings. The van der Waals surface area contributed by atoms with Gasteiger partial charge in [0, 0.05) is 35.6 Å². The Hall–Kier alpha value is -1.88. The zero-order valence-electron chi connectivity index (χ0n) is 13.3. The van der Waals surface area contributed by atoms with Crippen LogP contribution in [0.2, 0.25) is 0 Å². The maximum Gasteiger partial charge on any atom is 0.255 e. The maximum atomic E-state index is 13.0. The van der Waals surface area contributed by atoms with E-state index in [2.05, 4.69) is 25.8 Å². The number of hydrogen-bond donors (Lipinski definition) is 0. The molecule has 2 aliphatic heterocycles. The second-order valence-electron chi connectivity index (χ2n) is 6.48. The summed E-state index contributed by atoms with van der Waals surface area (Å²) in [6, 6.07) is 12.0. The Morgan fingerprint density at radius 3 is 2.54 bits per heavy atom. The number of benzene rings is 1. The van der Waals surface area contributed by atoms with Gasteiger partial charge in [-0.15, -0.1) is 0 Å². The second kappa shape index (κ2) is 6.55. The van der Waals surface area contributed by atoms with E-state index in [4.69, 9.17) is 4.74 Å². The lowest BCUT2D eigenvalue weighted by molar-refractivity contribution is 0.0357. The number of carbonyl (C=O) groups excluding carboxylic acids is 1. The van der Waals surface area contributed by atoms with Gasteiger partial charge < -0.3 is 9.64 Å². The van der Waals surface area contributed by atoms with E-state index in [1.54, 1.807) is 12.4 Å².